The van der Waals surface area contributed by atoms with Gasteiger partial charge in [-0.2, -0.15) is 0 Å². The molecule has 0 unspecified atom stereocenters. The number of aryl methyl sites for hydroxylation is 2. The second kappa shape index (κ2) is 11.1. The minimum atomic E-state index is -0.636. The number of rotatable bonds is 9. The van der Waals surface area contributed by atoms with Crippen molar-refractivity contribution in [3.63, 3.8) is 0 Å². The largest absolute Gasteiger partial charge is 0.383 e. The van der Waals surface area contributed by atoms with Gasteiger partial charge in [0.1, 0.15) is 11.5 Å². The van der Waals surface area contributed by atoms with Crippen LogP contribution in [-0.4, -0.2) is 22.0 Å². The molecule has 34 heavy (non-hydrogen) atoms. The van der Waals surface area contributed by atoms with E-state index >= 15 is 0 Å². The molecule has 4 N–H and O–H groups in total. The molecule has 0 aliphatic heterocycles. The van der Waals surface area contributed by atoms with Gasteiger partial charge in [0.15, 0.2) is 0 Å². The minimum Gasteiger partial charge on any atom is -0.383 e. The lowest BCUT2D eigenvalue weighted by Crippen LogP contribution is -2.41. The lowest BCUT2D eigenvalue weighted by Gasteiger charge is -2.26. The van der Waals surface area contributed by atoms with Gasteiger partial charge in [0.05, 0.1) is 17.3 Å². The van der Waals surface area contributed by atoms with Crippen molar-refractivity contribution in [3.8, 4) is 0 Å². The molecular weight excluding hydrogens is 454 g/mol. The number of benzene rings is 2. The molecule has 3 rings (SSSR count). The molecule has 0 saturated carbocycles. The zero-order chi connectivity index (χ0) is 24.8. The van der Waals surface area contributed by atoms with Crippen LogP contribution in [0.2, 0.25) is 5.02 Å². The highest BCUT2D eigenvalue weighted by molar-refractivity contribution is 6.34. The highest BCUT2D eigenvalue weighted by Crippen LogP contribution is 2.27. The van der Waals surface area contributed by atoms with Crippen LogP contribution in [-0.2, 0) is 17.9 Å². The lowest BCUT2D eigenvalue weighted by atomic mass is 10.1. The van der Waals surface area contributed by atoms with Gasteiger partial charge in [-0.1, -0.05) is 61.3 Å². The number of carbonyl (C=O) groups is 1. The summed E-state index contributed by atoms with van der Waals surface area (Å²) in [5, 5.41) is 3.29. The van der Waals surface area contributed by atoms with E-state index in [0.29, 0.717) is 17.3 Å². The van der Waals surface area contributed by atoms with Crippen LogP contribution < -0.4 is 27.2 Å². The maximum atomic E-state index is 13.1. The number of nitrogens with one attached hydrogen (secondary N) is 2. The molecule has 2 aromatic carbocycles. The van der Waals surface area contributed by atoms with Crippen molar-refractivity contribution < 1.29 is 4.79 Å². The van der Waals surface area contributed by atoms with E-state index in [0.717, 1.165) is 29.5 Å². The number of unbranched alkanes of at least 4 members (excludes halogenated alkanes) is 1. The standard InChI is InChI=1S/C25H30ClN5O3/c1-4-5-11-31-23(27)22(24(33)29-25(31)34)30(14-18-9-7-6-8-10-18)15-20(32)28-21-17(3)12-16(2)13-19(21)26/h6-10,12-13H,4-5,11,14-15,27H2,1-3H3,(H,28,32)(H,29,33,34). The zero-order valence-corrected chi connectivity index (χ0v) is 20.4. The number of amides is 1. The monoisotopic (exact) mass is 483 g/mol. The predicted molar refractivity (Wildman–Crippen MR) is 138 cm³/mol. The Labute approximate surface area is 203 Å². The van der Waals surface area contributed by atoms with Crippen molar-refractivity contribution in [2.24, 2.45) is 0 Å². The first-order valence-electron chi connectivity index (χ1n) is 11.2. The molecule has 8 nitrogen and oxygen atoms in total. The number of hydrogen-bond donors (Lipinski definition) is 3. The fraction of sp³-hybridized carbons (Fsp3) is 0.320. The third-order valence-corrected chi connectivity index (χ3v) is 5.81. The van der Waals surface area contributed by atoms with E-state index < -0.39 is 11.2 Å². The van der Waals surface area contributed by atoms with Crippen molar-refractivity contribution in [1.29, 1.82) is 0 Å². The van der Waals surface area contributed by atoms with Crippen LogP contribution in [0.4, 0.5) is 17.2 Å². The number of anilines is 3. The summed E-state index contributed by atoms with van der Waals surface area (Å²) in [5.74, 6) is -0.328. The Morgan fingerprint density at radius 1 is 1.18 bits per heavy atom. The number of halogens is 1. The summed E-state index contributed by atoms with van der Waals surface area (Å²) < 4.78 is 1.34. The van der Waals surface area contributed by atoms with Gasteiger partial charge in [0.2, 0.25) is 5.91 Å². The average Bonchev–Trinajstić information content (AvgIpc) is 2.76. The maximum absolute atomic E-state index is 13.1. The molecule has 0 saturated heterocycles. The molecule has 1 amide bonds. The van der Waals surface area contributed by atoms with E-state index in [9.17, 15) is 14.4 Å². The van der Waals surface area contributed by atoms with Crippen molar-refractivity contribution >= 4 is 34.7 Å². The van der Waals surface area contributed by atoms with E-state index in [1.54, 1.807) is 11.0 Å². The predicted octanol–water partition coefficient (Wildman–Crippen LogP) is 3.83. The van der Waals surface area contributed by atoms with Crippen molar-refractivity contribution in [2.45, 2.75) is 46.7 Å². The number of aromatic nitrogens is 2. The summed E-state index contributed by atoms with van der Waals surface area (Å²) in [6.45, 7) is 6.23. The summed E-state index contributed by atoms with van der Waals surface area (Å²) in [4.78, 5) is 42.3. The molecule has 180 valence electrons. The quantitative estimate of drug-likeness (QED) is 0.428. The molecule has 0 aliphatic carbocycles. The molecule has 1 aromatic heterocycles. The Bertz CT molecular complexity index is 1260. The third-order valence-electron chi connectivity index (χ3n) is 5.51. The van der Waals surface area contributed by atoms with Crippen LogP contribution in [0, 0.1) is 13.8 Å². The van der Waals surface area contributed by atoms with Crippen molar-refractivity contribution in [2.75, 3.05) is 22.5 Å². The SMILES string of the molecule is CCCCn1c(N)c(N(CC(=O)Nc2c(C)cc(C)cc2Cl)Cc2ccccc2)c(=O)[nH]c1=O. The summed E-state index contributed by atoms with van der Waals surface area (Å²) in [6.07, 6.45) is 1.58. The van der Waals surface area contributed by atoms with Gasteiger partial charge in [-0.3, -0.25) is 19.1 Å². The highest BCUT2D eigenvalue weighted by Gasteiger charge is 2.22. The number of nitrogens with two attached hydrogens (primary N) is 1. The van der Waals surface area contributed by atoms with Crippen LogP contribution in [0.25, 0.3) is 0 Å². The van der Waals surface area contributed by atoms with Gasteiger partial charge in [0, 0.05) is 13.1 Å². The van der Waals surface area contributed by atoms with Gasteiger partial charge in [-0.15, -0.1) is 0 Å². The maximum Gasteiger partial charge on any atom is 0.330 e. The minimum absolute atomic E-state index is 0.0375. The fourth-order valence-electron chi connectivity index (χ4n) is 3.87. The molecule has 3 aromatic rings. The second-order valence-corrected chi connectivity index (χ2v) is 8.73. The molecule has 0 bridgehead atoms. The number of H-pyrrole nitrogens is 1. The summed E-state index contributed by atoms with van der Waals surface area (Å²) in [5.41, 5.74) is 8.42. The van der Waals surface area contributed by atoms with Crippen molar-refractivity contribution in [1.82, 2.24) is 9.55 Å². The third kappa shape index (κ3) is 5.88. The second-order valence-electron chi connectivity index (χ2n) is 8.33. The zero-order valence-electron chi connectivity index (χ0n) is 19.7. The Balaban J connectivity index is 1.99. The van der Waals surface area contributed by atoms with Crippen LogP contribution in [0.3, 0.4) is 0 Å². The van der Waals surface area contributed by atoms with Crippen molar-refractivity contribution in [3.05, 3.63) is 85.0 Å². The van der Waals surface area contributed by atoms with Crippen LogP contribution in [0.1, 0.15) is 36.5 Å². The van der Waals surface area contributed by atoms with E-state index in [1.807, 2.05) is 57.2 Å². The van der Waals surface area contributed by atoms with E-state index in [2.05, 4.69) is 10.3 Å². The number of nitrogens with zero attached hydrogens (tertiary/aromatic N) is 2. The van der Waals surface area contributed by atoms with E-state index in [-0.39, 0.29) is 30.5 Å². The summed E-state index contributed by atoms with van der Waals surface area (Å²) >= 11 is 6.36. The number of aromatic amines is 1. The Morgan fingerprint density at radius 2 is 1.88 bits per heavy atom. The molecule has 0 radical (unpaired) electrons. The number of nitrogen functional groups attached to an aromatic ring is 1. The molecule has 0 atom stereocenters. The van der Waals surface area contributed by atoms with E-state index in [4.69, 9.17) is 17.3 Å². The topological polar surface area (TPSA) is 113 Å². The molecular formula is C25H30ClN5O3. The number of carbonyl (C=O) groups excluding carboxylic acids is 1. The van der Waals surface area contributed by atoms with Crippen LogP contribution >= 0.6 is 11.6 Å². The Hall–Kier alpha value is -3.52. The normalized spacial score (nSPS) is 10.8. The lowest BCUT2D eigenvalue weighted by molar-refractivity contribution is -0.115. The van der Waals surface area contributed by atoms with E-state index in [1.165, 1.54) is 4.57 Å². The highest BCUT2D eigenvalue weighted by atomic mass is 35.5. The fourth-order valence-corrected chi connectivity index (χ4v) is 4.23. The Morgan fingerprint density at radius 3 is 2.53 bits per heavy atom. The molecule has 9 heteroatoms. The Kier molecular flexibility index (Phi) is 8.17. The first-order chi connectivity index (χ1) is 16.2. The summed E-state index contributed by atoms with van der Waals surface area (Å²) in [6, 6.07) is 13.1. The number of hydrogen-bond acceptors (Lipinski definition) is 5. The smallest absolute Gasteiger partial charge is 0.330 e. The van der Waals surface area contributed by atoms with Crippen LogP contribution in [0.15, 0.2) is 52.1 Å². The van der Waals surface area contributed by atoms with Crippen LogP contribution in [0.5, 0.6) is 0 Å². The molecule has 0 aliphatic rings. The average molecular weight is 484 g/mol. The first-order valence-corrected chi connectivity index (χ1v) is 11.6. The first kappa shape index (κ1) is 25.1. The molecule has 0 fully saturated rings. The van der Waals surface area contributed by atoms with Gasteiger partial charge < -0.3 is 16.0 Å². The van der Waals surface area contributed by atoms with Gasteiger partial charge in [-0.05, 0) is 43.0 Å². The van der Waals surface area contributed by atoms with Gasteiger partial charge in [0.25, 0.3) is 5.56 Å². The molecule has 1 heterocycles. The molecule has 0 spiro atoms. The summed E-state index contributed by atoms with van der Waals surface area (Å²) in [7, 11) is 0. The van der Waals surface area contributed by atoms with Gasteiger partial charge >= 0.3 is 5.69 Å². The van der Waals surface area contributed by atoms with Gasteiger partial charge in [-0.25, -0.2) is 4.79 Å².